The van der Waals surface area contributed by atoms with Crippen molar-refractivity contribution in [3.8, 4) is 5.75 Å². The van der Waals surface area contributed by atoms with Crippen LogP contribution in [-0.2, 0) is 4.79 Å². The Morgan fingerprint density at radius 1 is 1.17 bits per heavy atom. The number of halogens is 1. The van der Waals surface area contributed by atoms with E-state index in [1.54, 1.807) is 12.1 Å². The van der Waals surface area contributed by atoms with Crippen LogP contribution < -0.4 is 10.1 Å². The summed E-state index contributed by atoms with van der Waals surface area (Å²) in [6.07, 6.45) is 1.86. The van der Waals surface area contributed by atoms with Gasteiger partial charge in [0.15, 0.2) is 0 Å². The molecule has 1 aliphatic rings. The number of benzene rings is 2. The molecule has 0 bridgehead atoms. The van der Waals surface area contributed by atoms with Gasteiger partial charge in [0.2, 0.25) is 0 Å². The van der Waals surface area contributed by atoms with Crippen molar-refractivity contribution in [1.29, 1.82) is 0 Å². The third kappa shape index (κ3) is 3.78. The number of hydrogen-bond donors (Lipinski definition) is 1. The predicted octanol–water partition coefficient (Wildman–Crippen LogP) is 3.77. The van der Waals surface area contributed by atoms with Gasteiger partial charge in [-0.15, -0.1) is 0 Å². The Balaban J connectivity index is 1.77. The van der Waals surface area contributed by atoms with Crippen LogP contribution in [0.4, 0.5) is 5.69 Å². The van der Waals surface area contributed by atoms with Gasteiger partial charge < -0.3 is 15.0 Å². The van der Waals surface area contributed by atoms with Crippen molar-refractivity contribution in [3.63, 3.8) is 0 Å². The van der Waals surface area contributed by atoms with Gasteiger partial charge in [0.1, 0.15) is 12.4 Å². The maximum absolute atomic E-state index is 12.2. The number of carbonyl (C=O) groups is 1. The summed E-state index contributed by atoms with van der Waals surface area (Å²) < 4.78 is 5.68. The number of amides is 1. The summed E-state index contributed by atoms with van der Waals surface area (Å²) in [6, 6.07) is 13.1. The number of nitrogens with zero attached hydrogens (tertiary/aromatic N) is 1. The maximum Gasteiger partial charge on any atom is 0.256 e. The van der Waals surface area contributed by atoms with E-state index in [0.29, 0.717) is 17.2 Å². The number of ether oxygens (including phenoxy) is 1. The summed E-state index contributed by atoms with van der Waals surface area (Å²) in [4.78, 5) is 14.2. The van der Waals surface area contributed by atoms with E-state index in [9.17, 15) is 4.79 Å². The molecule has 0 aliphatic carbocycles. The average Bonchev–Trinajstić information content (AvgIpc) is 2.84. The van der Waals surface area contributed by atoms with Gasteiger partial charge in [-0.2, -0.15) is 0 Å². The number of rotatable bonds is 5. The van der Waals surface area contributed by atoms with Crippen LogP contribution in [0.3, 0.4) is 0 Å². The average molecular weight is 343 g/mol. The van der Waals surface area contributed by atoms with Crippen LogP contribution in [0, 0.1) is 0 Å². The molecule has 0 saturated carbocycles. The molecular formula is C19H19ClN2O2. The first-order valence-electron chi connectivity index (χ1n) is 7.73. The van der Waals surface area contributed by atoms with Gasteiger partial charge in [-0.3, -0.25) is 4.79 Å². The van der Waals surface area contributed by atoms with Crippen molar-refractivity contribution in [2.45, 2.75) is 0 Å². The van der Waals surface area contributed by atoms with Crippen LogP contribution in [0.2, 0.25) is 5.02 Å². The largest absolute Gasteiger partial charge is 0.492 e. The van der Waals surface area contributed by atoms with Gasteiger partial charge >= 0.3 is 0 Å². The van der Waals surface area contributed by atoms with Crippen LogP contribution in [0.15, 0.2) is 42.5 Å². The zero-order chi connectivity index (χ0) is 17.1. The monoisotopic (exact) mass is 342 g/mol. The van der Waals surface area contributed by atoms with Gasteiger partial charge in [0, 0.05) is 28.4 Å². The molecule has 24 heavy (non-hydrogen) atoms. The summed E-state index contributed by atoms with van der Waals surface area (Å²) in [5.74, 6) is 0.705. The Kier molecular flexibility index (Phi) is 4.88. The third-order valence-corrected chi connectivity index (χ3v) is 4.00. The van der Waals surface area contributed by atoms with Gasteiger partial charge in [0.05, 0.1) is 0 Å². The van der Waals surface area contributed by atoms with E-state index in [1.165, 1.54) is 0 Å². The molecule has 0 unspecified atom stereocenters. The standard InChI is InChI=1S/C19H19ClN2O2/c1-22(2)9-10-24-15-6-3-13(4-7-15)11-17-16-12-14(20)5-8-18(16)21-19(17)23/h3-8,11-12H,9-10H2,1-2H3,(H,21,23)/b17-11-. The number of fused-ring (bicyclic) bond motifs is 1. The minimum atomic E-state index is -0.112. The third-order valence-electron chi connectivity index (χ3n) is 3.76. The molecule has 0 aromatic heterocycles. The van der Waals surface area contributed by atoms with E-state index in [0.717, 1.165) is 29.1 Å². The van der Waals surface area contributed by atoms with Crippen LogP contribution in [-0.4, -0.2) is 38.1 Å². The molecule has 0 spiro atoms. The van der Waals surface area contributed by atoms with Crippen LogP contribution in [0.1, 0.15) is 11.1 Å². The predicted molar refractivity (Wildman–Crippen MR) is 98.4 cm³/mol. The van der Waals surface area contributed by atoms with Crippen molar-refractivity contribution in [3.05, 3.63) is 58.6 Å². The first-order chi connectivity index (χ1) is 11.5. The van der Waals surface area contributed by atoms with Crippen molar-refractivity contribution in [2.75, 3.05) is 32.6 Å². The van der Waals surface area contributed by atoms with Gasteiger partial charge in [-0.1, -0.05) is 23.7 Å². The first kappa shape index (κ1) is 16.6. The SMILES string of the molecule is CN(C)CCOc1ccc(/C=C2\C(=O)Nc3ccc(Cl)cc32)cc1. The molecule has 2 aromatic rings. The molecular weight excluding hydrogens is 324 g/mol. The number of hydrogen-bond acceptors (Lipinski definition) is 3. The molecule has 0 saturated heterocycles. The molecule has 1 amide bonds. The highest BCUT2D eigenvalue weighted by molar-refractivity contribution is 6.36. The summed E-state index contributed by atoms with van der Waals surface area (Å²) in [6.45, 7) is 1.51. The Morgan fingerprint density at radius 3 is 2.62 bits per heavy atom. The fourth-order valence-corrected chi connectivity index (χ4v) is 2.65. The molecule has 1 N–H and O–H groups in total. The lowest BCUT2D eigenvalue weighted by Crippen LogP contribution is -2.19. The highest BCUT2D eigenvalue weighted by atomic mass is 35.5. The molecule has 0 atom stereocenters. The molecule has 124 valence electrons. The zero-order valence-electron chi connectivity index (χ0n) is 13.7. The Morgan fingerprint density at radius 2 is 1.92 bits per heavy atom. The maximum atomic E-state index is 12.2. The van der Waals surface area contributed by atoms with E-state index in [-0.39, 0.29) is 5.91 Å². The molecule has 3 rings (SSSR count). The second kappa shape index (κ2) is 7.07. The summed E-state index contributed by atoms with van der Waals surface area (Å²) >= 11 is 6.04. The lowest BCUT2D eigenvalue weighted by Gasteiger charge is -2.11. The molecule has 5 heteroatoms. The second-order valence-corrected chi connectivity index (χ2v) is 6.36. The van der Waals surface area contributed by atoms with Crippen LogP contribution >= 0.6 is 11.6 Å². The molecule has 1 aliphatic heterocycles. The van der Waals surface area contributed by atoms with Crippen molar-refractivity contribution < 1.29 is 9.53 Å². The summed E-state index contributed by atoms with van der Waals surface area (Å²) in [7, 11) is 4.02. The second-order valence-electron chi connectivity index (χ2n) is 5.92. The quantitative estimate of drug-likeness (QED) is 0.841. The fourth-order valence-electron chi connectivity index (χ4n) is 2.48. The van der Waals surface area contributed by atoms with E-state index < -0.39 is 0 Å². The zero-order valence-corrected chi connectivity index (χ0v) is 14.4. The van der Waals surface area contributed by atoms with Gasteiger partial charge in [-0.05, 0) is 56.1 Å². The molecule has 0 fully saturated rings. The molecule has 1 heterocycles. The summed E-state index contributed by atoms with van der Waals surface area (Å²) in [5, 5.41) is 3.46. The van der Waals surface area contributed by atoms with E-state index in [4.69, 9.17) is 16.3 Å². The smallest absolute Gasteiger partial charge is 0.256 e. The van der Waals surface area contributed by atoms with Crippen LogP contribution in [0.5, 0.6) is 5.75 Å². The molecule has 4 nitrogen and oxygen atoms in total. The Bertz CT molecular complexity index is 782. The van der Waals surface area contributed by atoms with E-state index >= 15 is 0 Å². The van der Waals surface area contributed by atoms with Crippen molar-refractivity contribution in [2.24, 2.45) is 0 Å². The summed E-state index contributed by atoms with van der Waals surface area (Å²) in [5.41, 5.74) is 3.18. The Labute approximate surface area is 146 Å². The van der Waals surface area contributed by atoms with Crippen molar-refractivity contribution in [1.82, 2.24) is 4.90 Å². The minimum absolute atomic E-state index is 0.112. The number of likely N-dealkylation sites (N-methyl/N-ethyl adjacent to an activating group) is 1. The van der Waals surface area contributed by atoms with Crippen molar-refractivity contribution >= 4 is 34.8 Å². The molecule has 0 radical (unpaired) electrons. The lowest BCUT2D eigenvalue weighted by molar-refractivity contribution is -0.110. The van der Waals surface area contributed by atoms with Crippen LogP contribution in [0.25, 0.3) is 11.6 Å². The topological polar surface area (TPSA) is 41.6 Å². The minimum Gasteiger partial charge on any atom is -0.492 e. The molecule has 2 aromatic carbocycles. The first-order valence-corrected chi connectivity index (χ1v) is 8.11. The highest BCUT2D eigenvalue weighted by Gasteiger charge is 2.24. The van der Waals surface area contributed by atoms with Gasteiger partial charge in [0.25, 0.3) is 5.91 Å². The lowest BCUT2D eigenvalue weighted by atomic mass is 10.0. The number of anilines is 1. The Hall–Kier alpha value is -2.30. The van der Waals surface area contributed by atoms with Gasteiger partial charge in [-0.25, -0.2) is 0 Å². The highest BCUT2D eigenvalue weighted by Crippen LogP contribution is 2.35. The fraction of sp³-hybridized carbons (Fsp3) is 0.211. The number of nitrogens with one attached hydrogen (secondary N) is 1. The van der Waals surface area contributed by atoms with E-state index in [2.05, 4.69) is 10.2 Å². The number of carbonyl (C=O) groups excluding carboxylic acids is 1. The van der Waals surface area contributed by atoms with E-state index in [1.807, 2.05) is 50.5 Å². The normalized spacial score (nSPS) is 14.8.